The highest BCUT2D eigenvalue weighted by molar-refractivity contribution is 6.10. The Labute approximate surface area is 264 Å². The second-order valence-electron chi connectivity index (χ2n) is 11.4. The van der Waals surface area contributed by atoms with E-state index in [4.69, 9.17) is 4.98 Å². The van der Waals surface area contributed by atoms with E-state index in [0.717, 1.165) is 56.0 Å². The first-order valence-electron chi connectivity index (χ1n) is 15.2. The van der Waals surface area contributed by atoms with Crippen molar-refractivity contribution < 1.29 is 0 Å². The highest BCUT2D eigenvalue weighted by Crippen LogP contribution is 2.38. The number of fused-ring (bicyclic) bond motifs is 6. The lowest BCUT2D eigenvalue weighted by atomic mass is 10.0. The quantitative estimate of drug-likeness (QED) is 0.206. The molecule has 0 spiro atoms. The number of aromatic nitrogens is 4. The van der Waals surface area contributed by atoms with Gasteiger partial charge in [0.15, 0.2) is 0 Å². The molecule has 0 aliphatic heterocycles. The van der Waals surface area contributed by atoms with Crippen molar-refractivity contribution in [1.82, 2.24) is 19.1 Å². The van der Waals surface area contributed by atoms with Crippen molar-refractivity contribution in [2.24, 2.45) is 0 Å². The van der Waals surface area contributed by atoms with E-state index < -0.39 is 0 Å². The molecule has 9 aromatic rings. The first kappa shape index (κ1) is 25.9. The molecule has 5 heteroatoms. The summed E-state index contributed by atoms with van der Waals surface area (Å²) in [5, 5.41) is 14.7. The summed E-state index contributed by atoms with van der Waals surface area (Å²) < 4.78 is 4.56. The molecular weight excluding hydrogens is 562 g/mol. The van der Waals surface area contributed by atoms with Crippen molar-refractivity contribution in [2.45, 2.75) is 0 Å². The first-order chi connectivity index (χ1) is 22.8. The Morgan fingerprint density at radius 1 is 0.478 bits per heavy atom. The number of benzene rings is 5. The van der Waals surface area contributed by atoms with Crippen LogP contribution in [-0.4, -0.2) is 19.1 Å². The molecule has 0 atom stereocenters. The largest absolute Gasteiger partial charge is 0.309 e. The van der Waals surface area contributed by atoms with Crippen LogP contribution in [0.15, 0.2) is 152 Å². The van der Waals surface area contributed by atoms with Crippen molar-refractivity contribution in [1.29, 1.82) is 5.26 Å². The normalized spacial score (nSPS) is 11.5. The van der Waals surface area contributed by atoms with E-state index in [1.165, 1.54) is 21.5 Å². The second-order valence-corrected chi connectivity index (χ2v) is 11.4. The molecule has 0 amide bonds. The summed E-state index contributed by atoms with van der Waals surface area (Å²) in [4.78, 5) is 9.83. The van der Waals surface area contributed by atoms with E-state index in [9.17, 15) is 5.26 Å². The van der Waals surface area contributed by atoms with Crippen molar-refractivity contribution in [2.75, 3.05) is 0 Å². The molecular formula is C41H25N5. The second kappa shape index (κ2) is 10.3. The summed E-state index contributed by atoms with van der Waals surface area (Å²) in [6, 6.07) is 50.2. The number of rotatable bonds is 4. The van der Waals surface area contributed by atoms with Gasteiger partial charge in [-0.1, -0.05) is 78.9 Å². The number of nitrogens with zero attached hydrogens (tertiary/aromatic N) is 5. The fourth-order valence-electron chi connectivity index (χ4n) is 6.88. The third kappa shape index (κ3) is 3.88. The van der Waals surface area contributed by atoms with Crippen LogP contribution in [0.2, 0.25) is 0 Å². The van der Waals surface area contributed by atoms with Crippen LogP contribution in [0.4, 0.5) is 0 Å². The van der Waals surface area contributed by atoms with Gasteiger partial charge < -0.3 is 9.13 Å². The Balaban J connectivity index is 1.27. The van der Waals surface area contributed by atoms with Gasteiger partial charge in [-0.3, -0.25) is 4.98 Å². The highest BCUT2D eigenvalue weighted by atomic mass is 15.0. The SMILES string of the molecule is N#Cc1ccc(-c2cccc(-c3cnccc3-n3c4ccccc4c4ccccc43)n2)c(-n2c3ccccc3c3ccccc32)c1. The van der Waals surface area contributed by atoms with Gasteiger partial charge in [0.25, 0.3) is 0 Å². The van der Waals surface area contributed by atoms with E-state index >= 15 is 0 Å². The third-order valence-corrected chi connectivity index (χ3v) is 8.87. The van der Waals surface area contributed by atoms with Crippen LogP contribution in [0.5, 0.6) is 0 Å². The fraction of sp³-hybridized carbons (Fsp3) is 0. The Bertz CT molecular complexity index is 2560. The van der Waals surface area contributed by atoms with Crippen LogP contribution in [0, 0.1) is 11.3 Å². The Morgan fingerprint density at radius 3 is 1.52 bits per heavy atom. The van der Waals surface area contributed by atoms with E-state index in [1.807, 2.05) is 48.8 Å². The molecule has 4 heterocycles. The smallest absolute Gasteiger partial charge is 0.0992 e. The summed E-state index contributed by atoms with van der Waals surface area (Å²) in [5.41, 5.74) is 10.5. The van der Waals surface area contributed by atoms with Crippen LogP contribution in [-0.2, 0) is 0 Å². The van der Waals surface area contributed by atoms with Crippen molar-refractivity contribution in [3.63, 3.8) is 0 Å². The highest BCUT2D eigenvalue weighted by Gasteiger charge is 2.19. The lowest BCUT2D eigenvalue weighted by molar-refractivity contribution is 1.14. The summed E-state index contributed by atoms with van der Waals surface area (Å²) in [7, 11) is 0. The molecule has 0 saturated heterocycles. The summed E-state index contributed by atoms with van der Waals surface area (Å²) in [5.74, 6) is 0. The molecule has 46 heavy (non-hydrogen) atoms. The molecule has 0 saturated carbocycles. The molecule has 0 fully saturated rings. The Morgan fingerprint density at radius 2 is 0.978 bits per heavy atom. The fourth-order valence-corrected chi connectivity index (χ4v) is 6.88. The zero-order valence-electron chi connectivity index (χ0n) is 24.7. The molecule has 0 N–H and O–H groups in total. The van der Waals surface area contributed by atoms with Gasteiger partial charge in [0.05, 0.1) is 56.5 Å². The van der Waals surface area contributed by atoms with Crippen LogP contribution < -0.4 is 0 Å². The zero-order chi connectivity index (χ0) is 30.6. The van der Waals surface area contributed by atoms with Gasteiger partial charge in [0.1, 0.15) is 0 Å². The molecule has 0 aliphatic carbocycles. The topological polar surface area (TPSA) is 59.4 Å². The number of para-hydroxylation sites is 4. The first-order valence-corrected chi connectivity index (χ1v) is 15.2. The molecule has 214 valence electrons. The van der Waals surface area contributed by atoms with Gasteiger partial charge in [-0.2, -0.15) is 5.26 Å². The molecule has 0 aliphatic rings. The van der Waals surface area contributed by atoms with Gasteiger partial charge in [-0.05, 0) is 60.7 Å². The average Bonchev–Trinajstić information content (AvgIpc) is 3.64. The Hall–Kier alpha value is -6.51. The minimum atomic E-state index is 0.595. The summed E-state index contributed by atoms with van der Waals surface area (Å²) in [6.45, 7) is 0. The number of hydrogen-bond donors (Lipinski definition) is 0. The summed E-state index contributed by atoms with van der Waals surface area (Å²) >= 11 is 0. The third-order valence-electron chi connectivity index (χ3n) is 8.87. The van der Waals surface area contributed by atoms with Gasteiger partial charge in [0, 0.05) is 45.1 Å². The molecule has 5 nitrogen and oxygen atoms in total. The van der Waals surface area contributed by atoms with Gasteiger partial charge in [0.2, 0.25) is 0 Å². The van der Waals surface area contributed by atoms with Gasteiger partial charge in [-0.25, -0.2) is 4.98 Å². The Kier molecular flexibility index (Phi) is 5.81. The van der Waals surface area contributed by atoms with Crippen molar-refractivity contribution in [3.05, 3.63) is 157 Å². The molecule has 4 aromatic heterocycles. The molecule has 9 rings (SSSR count). The van der Waals surface area contributed by atoms with E-state index in [2.05, 4.69) is 123 Å². The number of pyridine rings is 2. The van der Waals surface area contributed by atoms with Crippen molar-refractivity contribution in [3.8, 4) is 40.0 Å². The minimum Gasteiger partial charge on any atom is -0.309 e. The van der Waals surface area contributed by atoms with Gasteiger partial charge >= 0.3 is 0 Å². The molecule has 0 bridgehead atoms. The maximum absolute atomic E-state index is 9.93. The zero-order valence-corrected chi connectivity index (χ0v) is 24.7. The van der Waals surface area contributed by atoms with Gasteiger partial charge in [-0.15, -0.1) is 0 Å². The molecule has 0 unspecified atom stereocenters. The predicted molar refractivity (Wildman–Crippen MR) is 186 cm³/mol. The van der Waals surface area contributed by atoms with Crippen LogP contribution in [0.3, 0.4) is 0 Å². The number of nitriles is 1. The van der Waals surface area contributed by atoms with E-state index in [-0.39, 0.29) is 0 Å². The maximum atomic E-state index is 9.93. The average molecular weight is 588 g/mol. The molecule has 5 aromatic carbocycles. The lowest BCUT2D eigenvalue weighted by Gasteiger charge is -2.16. The standard InChI is InChI=1S/C41H25N5/c42-25-27-20-21-32(41(24-27)46-38-18-7-3-12-30(38)31-13-4-8-19-39(31)46)34-14-9-15-35(44-34)33-26-43-23-22-40(33)45-36-16-5-1-10-28(36)29-11-2-6-17-37(29)45/h1-24,26H. The van der Waals surface area contributed by atoms with E-state index in [0.29, 0.717) is 5.56 Å². The predicted octanol–water partition coefficient (Wildman–Crippen LogP) is 9.88. The summed E-state index contributed by atoms with van der Waals surface area (Å²) in [6.07, 6.45) is 3.74. The monoisotopic (exact) mass is 587 g/mol. The van der Waals surface area contributed by atoms with Crippen LogP contribution in [0.1, 0.15) is 5.56 Å². The molecule has 0 radical (unpaired) electrons. The van der Waals surface area contributed by atoms with Crippen LogP contribution in [0.25, 0.3) is 77.5 Å². The minimum absolute atomic E-state index is 0.595. The van der Waals surface area contributed by atoms with Crippen LogP contribution >= 0.6 is 0 Å². The maximum Gasteiger partial charge on any atom is 0.0992 e. The number of hydrogen-bond acceptors (Lipinski definition) is 3. The van der Waals surface area contributed by atoms with Crippen molar-refractivity contribution >= 4 is 43.6 Å². The van der Waals surface area contributed by atoms with E-state index in [1.54, 1.807) is 0 Å². The lowest BCUT2D eigenvalue weighted by Crippen LogP contribution is -2.01.